The van der Waals surface area contributed by atoms with Gasteiger partial charge in [-0.1, -0.05) is 24.6 Å². The predicted molar refractivity (Wildman–Crippen MR) is 141 cm³/mol. The van der Waals surface area contributed by atoms with Gasteiger partial charge in [-0.25, -0.2) is 9.78 Å². The van der Waals surface area contributed by atoms with E-state index in [1.165, 1.54) is 31.4 Å². The van der Waals surface area contributed by atoms with Gasteiger partial charge in [0.2, 0.25) is 5.89 Å². The van der Waals surface area contributed by atoms with Gasteiger partial charge in [0.1, 0.15) is 17.0 Å². The number of nitrogens with zero attached hydrogens (tertiary/aromatic N) is 1. The number of hydrogen-bond donors (Lipinski definition) is 3. The van der Waals surface area contributed by atoms with Crippen LogP contribution in [0.1, 0.15) is 25.7 Å². The highest BCUT2D eigenvalue weighted by Crippen LogP contribution is 2.33. The van der Waals surface area contributed by atoms with Gasteiger partial charge in [-0.3, -0.25) is 4.79 Å². The minimum atomic E-state index is -4.76. The molecule has 0 bridgehead atoms. The summed E-state index contributed by atoms with van der Waals surface area (Å²) in [6.07, 6.45) is -2.79. The van der Waals surface area contributed by atoms with E-state index in [4.69, 9.17) is 14.3 Å². The molecule has 0 saturated heterocycles. The molecule has 210 valence electrons. The molecule has 0 radical (unpaired) electrons. The van der Waals surface area contributed by atoms with Crippen molar-refractivity contribution >= 4 is 28.8 Å². The molecule has 0 aliphatic carbocycles. The Morgan fingerprint density at radius 2 is 1.68 bits per heavy atom. The number of nitrogens with one attached hydrogen (secondary N) is 2. The highest BCUT2D eigenvalue weighted by atomic mass is 19.4. The molecule has 0 fully saturated rings. The zero-order valence-corrected chi connectivity index (χ0v) is 21.4. The molecule has 1 heterocycles. The fraction of sp³-hybridized carbons (Fsp3) is 0.250. The standard InChI is InChI=1S/C28H26F3N3O6/c1-38-23-12-9-19(16-21(23)34-27(37)32-14-4-2-3-5-25(35)36)26-33-22-15-18(8-13-24(22)39-26)17-6-10-20(11-7-17)40-28(29,30)31/h6-13,15-16H,2-5,14H2,1H3,(H,35,36)(H2,32,34,37). The SMILES string of the molecule is COc1ccc(-c2nc3cc(-c4ccc(OC(F)(F)F)cc4)ccc3o2)cc1NC(=O)NCCCCCC(=O)O. The summed E-state index contributed by atoms with van der Waals surface area (Å²) in [5, 5.41) is 14.2. The Balaban J connectivity index is 1.46. The molecule has 2 amide bonds. The fourth-order valence-corrected chi connectivity index (χ4v) is 3.96. The number of aliphatic carboxylic acids is 1. The molecule has 4 aromatic rings. The van der Waals surface area contributed by atoms with Crippen molar-refractivity contribution in [1.29, 1.82) is 0 Å². The smallest absolute Gasteiger partial charge is 0.495 e. The van der Waals surface area contributed by atoms with E-state index in [0.29, 0.717) is 65.4 Å². The molecule has 3 N–H and O–H groups in total. The second-order valence-corrected chi connectivity index (χ2v) is 8.77. The van der Waals surface area contributed by atoms with Crippen LogP contribution in [0, 0.1) is 0 Å². The molecule has 0 aliphatic rings. The summed E-state index contributed by atoms with van der Waals surface area (Å²) < 4.78 is 52.5. The number of carboxylic acid groups (broad SMARTS) is 1. The van der Waals surface area contributed by atoms with Crippen molar-refractivity contribution in [3.05, 3.63) is 60.7 Å². The van der Waals surface area contributed by atoms with Crippen LogP contribution in [-0.2, 0) is 4.79 Å². The Bertz CT molecular complexity index is 1490. The summed E-state index contributed by atoms with van der Waals surface area (Å²) in [7, 11) is 1.48. The third-order valence-electron chi connectivity index (χ3n) is 5.86. The molecule has 0 atom stereocenters. The molecular weight excluding hydrogens is 531 g/mol. The molecule has 0 unspecified atom stereocenters. The van der Waals surface area contributed by atoms with Gasteiger partial charge in [-0.2, -0.15) is 0 Å². The topological polar surface area (TPSA) is 123 Å². The van der Waals surface area contributed by atoms with E-state index in [9.17, 15) is 22.8 Å². The summed E-state index contributed by atoms with van der Waals surface area (Å²) in [5.74, 6) is -0.429. The number of halogens is 3. The molecule has 0 saturated carbocycles. The van der Waals surface area contributed by atoms with Crippen LogP contribution < -0.4 is 20.1 Å². The van der Waals surface area contributed by atoms with Crippen molar-refractivity contribution in [3.8, 4) is 34.1 Å². The zero-order valence-electron chi connectivity index (χ0n) is 21.4. The van der Waals surface area contributed by atoms with Crippen molar-refractivity contribution in [2.45, 2.75) is 32.0 Å². The Morgan fingerprint density at radius 1 is 0.950 bits per heavy atom. The number of benzene rings is 3. The molecule has 0 spiro atoms. The van der Waals surface area contributed by atoms with E-state index < -0.39 is 18.4 Å². The summed E-state index contributed by atoms with van der Waals surface area (Å²) >= 11 is 0. The minimum Gasteiger partial charge on any atom is -0.495 e. The predicted octanol–water partition coefficient (Wildman–Crippen LogP) is 6.84. The Kier molecular flexibility index (Phi) is 8.77. The number of carboxylic acids is 1. The van der Waals surface area contributed by atoms with Crippen LogP contribution in [0.15, 0.2) is 65.1 Å². The molecule has 12 heteroatoms. The van der Waals surface area contributed by atoms with Crippen molar-refractivity contribution in [3.63, 3.8) is 0 Å². The number of ether oxygens (including phenoxy) is 2. The first kappa shape index (κ1) is 28.3. The third-order valence-corrected chi connectivity index (χ3v) is 5.86. The molecule has 40 heavy (non-hydrogen) atoms. The van der Waals surface area contributed by atoms with Crippen LogP contribution >= 0.6 is 0 Å². The van der Waals surface area contributed by atoms with Crippen molar-refractivity contribution in [2.75, 3.05) is 19.0 Å². The average Bonchev–Trinajstić information content (AvgIpc) is 3.33. The quantitative estimate of drug-likeness (QED) is 0.173. The first-order chi connectivity index (χ1) is 19.1. The number of fused-ring (bicyclic) bond motifs is 1. The van der Waals surface area contributed by atoms with Gasteiger partial charge in [0.15, 0.2) is 5.58 Å². The van der Waals surface area contributed by atoms with Crippen molar-refractivity contribution in [2.24, 2.45) is 0 Å². The number of methoxy groups -OCH3 is 1. The van der Waals surface area contributed by atoms with Crippen LogP contribution in [0.5, 0.6) is 11.5 Å². The second kappa shape index (κ2) is 12.4. The molecule has 3 aromatic carbocycles. The van der Waals surface area contributed by atoms with E-state index in [-0.39, 0.29) is 12.2 Å². The number of amides is 2. The Morgan fingerprint density at radius 3 is 2.38 bits per heavy atom. The van der Waals surface area contributed by atoms with Gasteiger partial charge in [0.05, 0.1) is 12.8 Å². The fourth-order valence-electron chi connectivity index (χ4n) is 3.96. The van der Waals surface area contributed by atoms with E-state index >= 15 is 0 Å². The summed E-state index contributed by atoms with van der Waals surface area (Å²) in [6, 6.07) is 15.4. The lowest BCUT2D eigenvalue weighted by molar-refractivity contribution is -0.274. The van der Waals surface area contributed by atoms with Gasteiger partial charge >= 0.3 is 18.4 Å². The van der Waals surface area contributed by atoms with Crippen LogP contribution in [0.25, 0.3) is 33.7 Å². The lowest BCUT2D eigenvalue weighted by atomic mass is 10.1. The number of urea groups is 1. The third kappa shape index (κ3) is 7.65. The Hall–Kier alpha value is -4.74. The van der Waals surface area contributed by atoms with Crippen LogP contribution in [0.3, 0.4) is 0 Å². The van der Waals surface area contributed by atoms with Crippen molar-refractivity contribution < 1.29 is 41.8 Å². The molecule has 1 aromatic heterocycles. The summed E-state index contributed by atoms with van der Waals surface area (Å²) in [4.78, 5) is 27.5. The normalized spacial score (nSPS) is 11.3. The monoisotopic (exact) mass is 557 g/mol. The molecule has 4 rings (SSSR count). The van der Waals surface area contributed by atoms with Crippen molar-refractivity contribution in [1.82, 2.24) is 10.3 Å². The maximum absolute atomic E-state index is 12.4. The van der Waals surface area contributed by atoms with E-state index in [2.05, 4.69) is 20.4 Å². The summed E-state index contributed by atoms with van der Waals surface area (Å²) in [6.45, 7) is 0.388. The van der Waals surface area contributed by atoms with E-state index in [1.54, 1.807) is 36.4 Å². The van der Waals surface area contributed by atoms with Gasteiger partial charge in [0.25, 0.3) is 0 Å². The van der Waals surface area contributed by atoms with Crippen LogP contribution in [0.2, 0.25) is 0 Å². The van der Waals surface area contributed by atoms with E-state index in [0.717, 1.165) is 5.56 Å². The Labute approximate surface area is 226 Å². The number of hydrogen-bond acceptors (Lipinski definition) is 6. The second-order valence-electron chi connectivity index (χ2n) is 8.77. The van der Waals surface area contributed by atoms with Crippen LogP contribution in [0.4, 0.5) is 23.7 Å². The largest absolute Gasteiger partial charge is 0.573 e. The number of anilines is 1. The maximum Gasteiger partial charge on any atom is 0.573 e. The molecule has 9 nitrogen and oxygen atoms in total. The first-order valence-corrected chi connectivity index (χ1v) is 12.3. The first-order valence-electron chi connectivity index (χ1n) is 12.3. The number of carbonyl (C=O) groups excluding carboxylic acids is 1. The van der Waals surface area contributed by atoms with Gasteiger partial charge in [-0.15, -0.1) is 13.2 Å². The van der Waals surface area contributed by atoms with Gasteiger partial charge in [-0.05, 0) is 66.4 Å². The van der Waals surface area contributed by atoms with Crippen LogP contribution in [-0.4, -0.2) is 42.1 Å². The minimum absolute atomic E-state index is 0.0984. The molecule has 0 aliphatic heterocycles. The highest BCUT2D eigenvalue weighted by molar-refractivity contribution is 5.92. The molecular formula is C28H26F3N3O6. The lowest BCUT2D eigenvalue weighted by Crippen LogP contribution is -2.29. The lowest BCUT2D eigenvalue weighted by Gasteiger charge is -2.12. The van der Waals surface area contributed by atoms with Gasteiger partial charge < -0.3 is 29.6 Å². The average molecular weight is 558 g/mol. The number of oxazole rings is 1. The number of alkyl halides is 3. The number of rotatable bonds is 11. The number of carbonyl (C=O) groups is 2. The number of aromatic nitrogens is 1. The number of unbranched alkanes of at least 4 members (excludes halogenated alkanes) is 2. The zero-order chi connectivity index (χ0) is 28.7. The van der Waals surface area contributed by atoms with E-state index in [1.807, 2.05) is 0 Å². The highest BCUT2D eigenvalue weighted by Gasteiger charge is 2.31. The summed E-state index contributed by atoms with van der Waals surface area (Å²) in [5.41, 5.74) is 3.41. The van der Waals surface area contributed by atoms with Gasteiger partial charge in [0, 0.05) is 18.5 Å². The maximum atomic E-state index is 12.4.